The molecule has 4 heteroatoms. The number of benzene rings is 2. The first-order chi connectivity index (χ1) is 13.7. The SMILES string of the molecule is COc1ccc2ncccc2c1-c1[nH]c2c(C)c(C)ccc2c1CCCCN. The number of aromatic nitrogens is 2. The highest BCUT2D eigenvalue weighted by molar-refractivity contribution is 6.02. The molecule has 0 atom stereocenters. The van der Waals surface area contributed by atoms with Crippen LogP contribution >= 0.6 is 0 Å². The summed E-state index contributed by atoms with van der Waals surface area (Å²) in [6.45, 7) is 5.06. The molecule has 4 nitrogen and oxygen atoms in total. The van der Waals surface area contributed by atoms with Crippen LogP contribution in [0.3, 0.4) is 0 Å². The van der Waals surface area contributed by atoms with Crippen molar-refractivity contribution in [1.29, 1.82) is 0 Å². The van der Waals surface area contributed by atoms with Crippen LogP contribution in [-0.4, -0.2) is 23.6 Å². The van der Waals surface area contributed by atoms with E-state index in [1.165, 1.54) is 27.6 Å². The van der Waals surface area contributed by atoms with Crippen LogP contribution in [0.15, 0.2) is 42.6 Å². The number of H-pyrrole nitrogens is 1. The van der Waals surface area contributed by atoms with Gasteiger partial charge in [0.2, 0.25) is 0 Å². The Morgan fingerprint density at radius 3 is 2.68 bits per heavy atom. The minimum atomic E-state index is 0.720. The second kappa shape index (κ2) is 7.64. The third kappa shape index (κ3) is 3.04. The Hall–Kier alpha value is -2.85. The van der Waals surface area contributed by atoms with E-state index in [0.29, 0.717) is 0 Å². The Balaban J connectivity index is 2.04. The average Bonchev–Trinajstić information content (AvgIpc) is 3.09. The van der Waals surface area contributed by atoms with Crippen LogP contribution in [0.1, 0.15) is 29.5 Å². The minimum Gasteiger partial charge on any atom is -0.496 e. The summed E-state index contributed by atoms with van der Waals surface area (Å²) in [5.74, 6) is 0.863. The molecule has 0 bridgehead atoms. The van der Waals surface area contributed by atoms with Gasteiger partial charge < -0.3 is 15.5 Å². The first kappa shape index (κ1) is 18.5. The summed E-state index contributed by atoms with van der Waals surface area (Å²) < 4.78 is 5.77. The highest BCUT2D eigenvalue weighted by Gasteiger charge is 2.20. The topological polar surface area (TPSA) is 63.9 Å². The number of rotatable bonds is 6. The van der Waals surface area contributed by atoms with Crippen molar-refractivity contribution >= 4 is 21.8 Å². The molecule has 144 valence electrons. The van der Waals surface area contributed by atoms with Gasteiger partial charge in [-0.25, -0.2) is 0 Å². The van der Waals surface area contributed by atoms with Crippen molar-refractivity contribution in [1.82, 2.24) is 9.97 Å². The largest absolute Gasteiger partial charge is 0.496 e. The molecular weight excluding hydrogens is 346 g/mol. The molecule has 4 aromatic rings. The normalized spacial score (nSPS) is 11.4. The van der Waals surface area contributed by atoms with Crippen LogP contribution in [-0.2, 0) is 6.42 Å². The number of ether oxygens (including phenoxy) is 1. The van der Waals surface area contributed by atoms with Crippen molar-refractivity contribution in [3.63, 3.8) is 0 Å². The molecule has 4 rings (SSSR count). The van der Waals surface area contributed by atoms with E-state index in [-0.39, 0.29) is 0 Å². The molecule has 28 heavy (non-hydrogen) atoms. The van der Waals surface area contributed by atoms with E-state index >= 15 is 0 Å². The number of fused-ring (bicyclic) bond motifs is 2. The molecule has 0 unspecified atom stereocenters. The summed E-state index contributed by atoms with van der Waals surface area (Å²) >= 11 is 0. The average molecular weight is 374 g/mol. The van der Waals surface area contributed by atoms with Crippen LogP contribution in [0, 0.1) is 13.8 Å². The van der Waals surface area contributed by atoms with Crippen molar-refractivity contribution in [2.75, 3.05) is 13.7 Å². The van der Waals surface area contributed by atoms with Crippen molar-refractivity contribution < 1.29 is 4.74 Å². The molecule has 3 N–H and O–H groups in total. The third-order valence-corrected chi connectivity index (χ3v) is 5.71. The van der Waals surface area contributed by atoms with Gasteiger partial charge in [0.15, 0.2) is 0 Å². The van der Waals surface area contributed by atoms with Gasteiger partial charge in [-0.15, -0.1) is 0 Å². The number of pyridine rings is 1. The fourth-order valence-electron chi connectivity index (χ4n) is 4.04. The number of hydrogen-bond acceptors (Lipinski definition) is 3. The zero-order valence-corrected chi connectivity index (χ0v) is 16.8. The number of hydrogen-bond donors (Lipinski definition) is 2. The number of nitrogens with two attached hydrogens (primary N) is 1. The number of aromatic amines is 1. The van der Waals surface area contributed by atoms with Crippen molar-refractivity contribution in [3.8, 4) is 17.0 Å². The Kier molecular flexibility index (Phi) is 5.05. The Morgan fingerprint density at radius 1 is 1.04 bits per heavy atom. The summed E-state index contributed by atoms with van der Waals surface area (Å²) in [6.07, 6.45) is 4.90. The summed E-state index contributed by atoms with van der Waals surface area (Å²) in [6, 6.07) is 12.6. The number of nitrogens with zero attached hydrogens (tertiary/aromatic N) is 1. The molecule has 0 saturated heterocycles. The van der Waals surface area contributed by atoms with E-state index in [9.17, 15) is 0 Å². The number of methoxy groups -OCH3 is 1. The number of nitrogens with one attached hydrogen (secondary N) is 1. The van der Waals surface area contributed by atoms with Gasteiger partial charge in [0.1, 0.15) is 5.75 Å². The third-order valence-electron chi connectivity index (χ3n) is 5.71. The lowest BCUT2D eigenvalue weighted by Crippen LogP contribution is -2.00. The van der Waals surface area contributed by atoms with Crippen LogP contribution in [0.4, 0.5) is 0 Å². The van der Waals surface area contributed by atoms with Crippen LogP contribution < -0.4 is 10.5 Å². The standard InChI is InChI=1S/C24H27N3O/c1-15-9-10-18-17(7-4-5-13-25)24(27-23(18)16(15)2)22-19-8-6-14-26-20(19)11-12-21(22)28-3/h6,8-12,14,27H,4-5,7,13,25H2,1-3H3. The zero-order valence-electron chi connectivity index (χ0n) is 16.8. The van der Waals surface area contributed by atoms with E-state index < -0.39 is 0 Å². The summed E-state index contributed by atoms with van der Waals surface area (Å²) in [4.78, 5) is 8.29. The molecule has 2 aromatic carbocycles. The lowest BCUT2D eigenvalue weighted by molar-refractivity contribution is 0.417. The van der Waals surface area contributed by atoms with Gasteiger partial charge in [-0.05, 0) is 74.5 Å². The highest BCUT2D eigenvalue weighted by Crippen LogP contribution is 2.41. The lowest BCUT2D eigenvalue weighted by atomic mass is 9.96. The fraction of sp³-hybridized carbons (Fsp3) is 0.292. The first-order valence-corrected chi connectivity index (χ1v) is 9.88. The number of unbranched alkanes of at least 4 members (excludes halogenated alkanes) is 1. The number of aryl methyl sites for hydroxylation is 3. The van der Waals surface area contributed by atoms with Crippen LogP contribution in [0.25, 0.3) is 33.1 Å². The van der Waals surface area contributed by atoms with Gasteiger partial charge in [0, 0.05) is 28.0 Å². The zero-order chi connectivity index (χ0) is 19.7. The summed E-state index contributed by atoms with van der Waals surface area (Å²) in [5, 5.41) is 2.39. The Morgan fingerprint density at radius 2 is 1.89 bits per heavy atom. The highest BCUT2D eigenvalue weighted by atomic mass is 16.5. The fourth-order valence-corrected chi connectivity index (χ4v) is 4.04. The van der Waals surface area contributed by atoms with E-state index in [4.69, 9.17) is 10.5 Å². The summed E-state index contributed by atoms with van der Waals surface area (Å²) in [7, 11) is 1.73. The maximum Gasteiger partial charge on any atom is 0.128 e. The molecule has 2 aromatic heterocycles. The first-order valence-electron chi connectivity index (χ1n) is 9.88. The Labute approximate surface area is 165 Å². The monoisotopic (exact) mass is 373 g/mol. The Bertz CT molecular complexity index is 1140. The van der Waals surface area contributed by atoms with Gasteiger partial charge in [-0.1, -0.05) is 18.2 Å². The maximum absolute atomic E-state index is 5.77. The molecule has 2 heterocycles. The second-order valence-corrected chi connectivity index (χ2v) is 7.37. The van der Waals surface area contributed by atoms with Gasteiger partial charge in [0.05, 0.1) is 18.3 Å². The van der Waals surface area contributed by atoms with Gasteiger partial charge >= 0.3 is 0 Å². The van der Waals surface area contributed by atoms with Gasteiger partial charge in [0.25, 0.3) is 0 Å². The molecule has 0 radical (unpaired) electrons. The van der Waals surface area contributed by atoms with Crippen LogP contribution in [0.2, 0.25) is 0 Å². The molecule has 0 aliphatic rings. The minimum absolute atomic E-state index is 0.720. The maximum atomic E-state index is 5.77. The van der Waals surface area contributed by atoms with E-state index in [2.05, 4.69) is 42.0 Å². The van der Waals surface area contributed by atoms with Crippen molar-refractivity contribution in [3.05, 3.63) is 59.3 Å². The van der Waals surface area contributed by atoms with Gasteiger partial charge in [-0.2, -0.15) is 0 Å². The van der Waals surface area contributed by atoms with Crippen molar-refractivity contribution in [2.45, 2.75) is 33.1 Å². The van der Waals surface area contributed by atoms with Gasteiger partial charge in [-0.3, -0.25) is 4.98 Å². The molecule has 0 aliphatic carbocycles. The molecular formula is C24H27N3O. The molecule has 0 fully saturated rings. The smallest absolute Gasteiger partial charge is 0.128 e. The van der Waals surface area contributed by atoms with E-state index in [1.807, 2.05) is 24.4 Å². The quantitative estimate of drug-likeness (QED) is 0.451. The molecule has 0 aliphatic heterocycles. The van der Waals surface area contributed by atoms with Crippen LogP contribution in [0.5, 0.6) is 5.75 Å². The second-order valence-electron chi connectivity index (χ2n) is 7.37. The molecule has 0 amide bonds. The summed E-state index contributed by atoms with van der Waals surface area (Å²) in [5.41, 5.74) is 14.1. The van der Waals surface area contributed by atoms with Crippen molar-refractivity contribution in [2.24, 2.45) is 5.73 Å². The lowest BCUT2D eigenvalue weighted by Gasteiger charge is -2.13. The van der Waals surface area contributed by atoms with E-state index in [0.717, 1.165) is 53.7 Å². The molecule has 0 saturated carbocycles. The predicted molar refractivity (Wildman–Crippen MR) is 117 cm³/mol. The predicted octanol–water partition coefficient (Wildman–Crippen LogP) is 5.29. The molecule has 0 spiro atoms. The van der Waals surface area contributed by atoms with E-state index in [1.54, 1.807) is 7.11 Å².